The lowest BCUT2D eigenvalue weighted by Gasteiger charge is -2.31. The van der Waals surface area contributed by atoms with Gasteiger partial charge in [-0.15, -0.1) is 10.2 Å². The molecule has 0 saturated carbocycles. The van der Waals surface area contributed by atoms with Crippen molar-refractivity contribution in [3.63, 3.8) is 0 Å². The fourth-order valence-electron chi connectivity index (χ4n) is 3.38. The van der Waals surface area contributed by atoms with Gasteiger partial charge in [0.25, 0.3) is 11.8 Å². The Balaban J connectivity index is 1.43. The smallest absolute Gasteiger partial charge is 0.286 e. The first kappa shape index (κ1) is 20.4. The summed E-state index contributed by atoms with van der Waals surface area (Å²) in [6.07, 6.45) is 1.71. The molecule has 3 aromatic rings. The van der Waals surface area contributed by atoms with Crippen LogP contribution in [0, 0.1) is 5.82 Å². The lowest BCUT2D eigenvalue weighted by molar-refractivity contribution is 0.0706. The van der Waals surface area contributed by atoms with Gasteiger partial charge in [-0.25, -0.2) is 4.39 Å². The Labute approximate surface area is 181 Å². The molecule has 1 aromatic heterocycles. The molecule has 1 saturated heterocycles. The molecule has 2 aromatic carbocycles. The molecule has 0 aliphatic carbocycles. The van der Waals surface area contributed by atoms with E-state index >= 15 is 0 Å². The summed E-state index contributed by atoms with van der Waals surface area (Å²) in [5.74, 6) is -0.818. The van der Waals surface area contributed by atoms with E-state index in [2.05, 4.69) is 15.5 Å². The zero-order chi connectivity index (χ0) is 21.1. The fraction of sp³-hybridized carbons (Fsp3) is 0.238. The number of hydrogen-bond acceptors (Lipinski definition) is 5. The minimum atomic E-state index is -0.395. The summed E-state index contributed by atoms with van der Waals surface area (Å²) in [5.41, 5.74) is 1.04. The Kier molecular flexibility index (Phi) is 6.06. The van der Waals surface area contributed by atoms with Crippen LogP contribution in [0.5, 0.6) is 0 Å². The molecule has 154 valence electrons. The summed E-state index contributed by atoms with van der Waals surface area (Å²) in [7, 11) is 0. The Morgan fingerprint density at radius 3 is 2.73 bits per heavy atom. The minimum absolute atomic E-state index is 0.0201. The van der Waals surface area contributed by atoms with Crippen molar-refractivity contribution in [3.8, 4) is 0 Å². The second-order valence-corrected chi connectivity index (χ2v) is 8.45. The molecule has 4 rings (SSSR count). The van der Waals surface area contributed by atoms with Gasteiger partial charge in [-0.05, 0) is 55.3 Å². The van der Waals surface area contributed by atoms with Crippen LogP contribution in [0.2, 0.25) is 5.02 Å². The highest BCUT2D eigenvalue weighted by Crippen LogP contribution is 2.30. The number of aromatic nitrogens is 2. The average Bonchev–Trinajstić information content (AvgIpc) is 3.25. The van der Waals surface area contributed by atoms with Gasteiger partial charge in [0.05, 0.1) is 0 Å². The van der Waals surface area contributed by atoms with Crippen LogP contribution in [0.3, 0.4) is 0 Å². The van der Waals surface area contributed by atoms with Gasteiger partial charge in [-0.3, -0.25) is 9.59 Å². The van der Waals surface area contributed by atoms with Crippen LogP contribution >= 0.6 is 22.9 Å². The Morgan fingerprint density at radius 2 is 1.97 bits per heavy atom. The van der Waals surface area contributed by atoms with Gasteiger partial charge in [0.15, 0.2) is 0 Å². The van der Waals surface area contributed by atoms with Gasteiger partial charge < -0.3 is 10.2 Å². The summed E-state index contributed by atoms with van der Waals surface area (Å²) in [6.45, 7) is 1.18. The number of anilines is 1. The number of hydrogen-bond donors (Lipinski definition) is 1. The summed E-state index contributed by atoms with van der Waals surface area (Å²) >= 11 is 7.22. The van der Waals surface area contributed by atoms with E-state index in [1.165, 1.54) is 35.6 Å². The molecule has 1 N–H and O–H groups in total. The Bertz CT molecular complexity index is 1070. The fourth-order valence-corrected chi connectivity index (χ4v) is 4.43. The number of halogens is 2. The summed E-state index contributed by atoms with van der Waals surface area (Å²) in [6, 6.07) is 12.4. The van der Waals surface area contributed by atoms with Crippen LogP contribution in [-0.4, -0.2) is 40.0 Å². The van der Waals surface area contributed by atoms with Crippen molar-refractivity contribution in [2.45, 2.75) is 18.8 Å². The lowest BCUT2D eigenvalue weighted by atomic mass is 9.98. The number of nitrogens with zero attached hydrogens (tertiary/aromatic N) is 3. The van der Waals surface area contributed by atoms with E-state index in [0.29, 0.717) is 29.4 Å². The Hall–Kier alpha value is -2.84. The van der Waals surface area contributed by atoms with E-state index in [1.54, 1.807) is 29.2 Å². The van der Waals surface area contributed by atoms with Crippen LogP contribution in [-0.2, 0) is 0 Å². The number of piperidine rings is 1. The number of benzene rings is 2. The second kappa shape index (κ2) is 8.89. The maximum Gasteiger partial charge on any atom is 0.286 e. The molecule has 1 atom stereocenters. The standard InChI is InChI=1S/C21H18ClFN4O2S/c22-15-5-1-3-13(11-15)21(29)27-10-2-4-14(12-27)19-25-26-20(30-19)18(28)24-17-8-6-16(23)7-9-17/h1,3,5-9,11,14H,2,4,10,12H2,(H,24,28). The van der Waals surface area contributed by atoms with E-state index < -0.39 is 5.91 Å². The quantitative estimate of drug-likeness (QED) is 0.638. The van der Waals surface area contributed by atoms with Gasteiger partial charge >= 0.3 is 0 Å². The van der Waals surface area contributed by atoms with E-state index in [1.807, 2.05) is 0 Å². The van der Waals surface area contributed by atoms with Crippen LogP contribution in [0.15, 0.2) is 48.5 Å². The first-order chi connectivity index (χ1) is 14.5. The highest BCUT2D eigenvalue weighted by Gasteiger charge is 2.28. The topological polar surface area (TPSA) is 75.2 Å². The lowest BCUT2D eigenvalue weighted by Crippen LogP contribution is -2.39. The second-order valence-electron chi connectivity index (χ2n) is 7.01. The summed E-state index contributed by atoms with van der Waals surface area (Å²) in [5, 5.41) is 12.4. The third-order valence-corrected chi connectivity index (χ3v) is 6.19. The molecule has 30 heavy (non-hydrogen) atoms. The van der Waals surface area contributed by atoms with Crippen molar-refractivity contribution >= 4 is 40.4 Å². The molecule has 2 heterocycles. The number of rotatable bonds is 4. The number of amides is 2. The number of carbonyl (C=O) groups excluding carboxylic acids is 2. The monoisotopic (exact) mass is 444 g/mol. The van der Waals surface area contributed by atoms with Gasteiger partial charge in [0, 0.05) is 35.3 Å². The average molecular weight is 445 g/mol. The predicted molar refractivity (Wildman–Crippen MR) is 114 cm³/mol. The SMILES string of the molecule is O=C(Nc1ccc(F)cc1)c1nnc(C2CCCN(C(=O)c3cccc(Cl)c3)C2)s1. The third-order valence-electron chi connectivity index (χ3n) is 4.87. The van der Waals surface area contributed by atoms with E-state index in [0.717, 1.165) is 17.8 Å². The predicted octanol–water partition coefficient (Wildman–Crippen LogP) is 4.60. The van der Waals surface area contributed by atoms with Gasteiger partial charge in [-0.1, -0.05) is 29.0 Å². The summed E-state index contributed by atoms with van der Waals surface area (Å²) < 4.78 is 13.0. The third kappa shape index (κ3) is 4.66. The molecule has 1 aliphatic rings. The first-order valence-electron chi connectivity index (χ1n) is 9.45. The molecule has 6 nitrogen and oxygen atoms in total. The van der Waals surface area contributed by atoms with Crippen LogP contribution in [0.4, 0.5) is 10.1 Å². The molecule has 1 unspecified atom stereocenters. The minimum Gasteiger partial charge on any atom is -0.338 e. The van der Waals surface area contributed by atoms with Gasteiger partial charge in [0.2, 0.25) is 5.01 Å². The van der Waals surface area contributed by atoms with E-state index in [9.17, 15) is 14.0 Å². The number of likely N-dealkylation sites (tertiary alicyclic amines) is 1. The van der Waals surface area contributed by atoms with Gasteiger partial charge in [0.1, 0.15) is 10.8 Å². The highest BCUT2D eigenvalue weighted by atomic mass is 35.5. The zero-order valence-electron chi connectivity index (χ0n) is 15.8. The van der Waals surface area contributed by atoms with Crippen LogP contribution < -0.4 is 5.32 Å². The van der Waals surface area contributed by atoms with Crippen molar-refractivity contribution in [2.75, 3.05) is 18.4 Å². The maximum absolute atomic E-state index is 13.0. The van der Waals surface area contributed by atoms with Gasteiger partial charge in [-0.2, -0.15) is 0 Å². The van der Waals surface area contributed by atoms with Crippen molar-refractivity contribution < 1.29 is 14.0 Å². The zero-order valence-corrected chi connectivity index (χ0v) is 17.4. The van der Waals surface area contributed by atoms with Crippen LogP contribution in [0.25, 0.3) is 0 Å². The molecule has 0 spiro atoms. The van der Waals surface area contributed by atoms with Crippen molar-refractivity contribution in [3.05, 3.63) is 74.9 Å². The largest absolute Gasteiger partial charge is 0.338 e. The summed E-state index contributed by atoms with van der Waals surface area (Å²) in [4.78, 5) is 27.0. The molecular formula is C21H18ClFN4O2S. The first-order valence-corrected chi connectivity index (χ1v) is 10.6. The molecule has 0 radical (unpaired) electrons. The molecule has 2 amide bonds. The van der Waals surface area contributed by atoms with Crippen LogP contribution in [0.1, 0.15) is 43.9 Å². The number of carbonyl (C=O) groups is 2. The molecule has 0 bridgehead atoms. The normalized spacial score (nSPS) is 16.3. The molecule has 1 aliphatic heterocycles. The Morgan fingerprint density at radius 1 is 1.17 bits per heavy atom. The molecule has 9 heteroatoms. The van der Waals surface area contributed by atoms with E-state index in [4.69, 9.17) is 11.6 Å². The van der Waals surface area contributed by atoms with Crippen molar-refractivity contribution in [2.24, 2.45) is 0 Å². The molecular weight excluding hydrogens is 427 g/mol. The maximum atomic E-state index is 13.0. The number of nitrogens with one attached hydrogen (secondary N) is 1. The van der Waals surface area contributed by atoms with Crippen molar-refractivity contribution in [1.82, 2.24) is 15.1 Å². The van der Waals surface area contributed by atoms with E-state index in [-0.39, 0.29) is 22.6 Å². The molecule has 1 fully saturated rings. The van der Waals surface area contributed by atoms with Crippen molar-refractivity contribution in [1.29, 1.82) is 0 Å². The highest BCUT2D eigenvalue weighted by molar-refractivity contribution is 7.13.